The van der Waals surface area contributed by atoms with Crippen LogP contribution in [-0.4, -0.2) is 12.5 Å². The van der Waals surface area contributed by atoms with Crippen LogP contribution in [-0.2, 0) is 11.3 Å². The summed E-state index contributed by atoms with van der Waals surface area (Å²) >= 11 is 0. The maximum atomic E-state index is 12.1. The van der Waals surface area contributed by atoms with Crippen LogP contribution < -0.4 is 10.6 Å². The minimum Gasteiger partial charge on any atom is -0.376 e. The van der Waals surface area contributed by atoms with Gasteiger partial charge in [-0.15, -0.1) is 0 Å². The molecule has 0 bridgehead atoms. The third kappa shape index (κ3) is 4.85. The monoisotopic (exact) mass is 310 g/mol. The molecule has 0 aliphatic carbocycles. The molecular weight excluding hydrogens is 284 g/mol. The normalized spacial score (nSPS) is 10.7. The zero-order chi connectivity index (χ0) is 16.8. The van der Waals surface area contributed by atoms with Crippen molar-refractivity contribution in [2.75, 3.05) is 11.9 Å². The third-order valence-electron chi connectivity index (χ3n) is 3.92. The lowest BCUT2D eigenvalue weighted by atomic mass is 9.98. The number of amides is 1. The average molecular weight is 310 g/mol. The number of hydrogen-bond acceptors (Lipinski definition) is 2. The van der Waals surface area contributed by atoms with Crippen LogP contribution >= 0.6 is 0 Å². The van der Waals surface area contributed by atoms with Gasteiger partial charge >= 0.3 is 0 Å². The summed E-state index contributed by atoms with van der Waals surface area (Å²) in [5.74, 6) is 0.428. The summed E-state index contributed by atoms with van der Waals surface area (Å²) in [5, 5.41) is 6.26. The van der Waals surface area contributed by atoms with Crippen LogP contribution in [0.25, 0.3) is 0 Å². The molecule has 0 aliphatic rings. The summed E-state index contributed by atoms with van der Waals surface area (Å²) in [5.41, 5.74) is 5.82. The van der Waals surface area contributed by atoms with Gasteiger partial charge in [0.25, 0.3) is 0 Å². The van der Waals surface area contributed by atoms with Crippen molar-refractivity contribution in [3.63, 3.8) is 0 Å². The molecule has 23 heavy (non-hydrogen) atoms. The fraction of sp³-hybridized carbons (Fsp3) is 0.350. The number of benzene rings is 2. The van der Waals surface area contributed by atoms with Crippen molar-refractivity contribution in [1.82, 2.24) is 5.32 Å². The van der Waals surface area contributed by atoms with E-state index in [-0.39, 0.29) is 12.5 Å². The van der Waals surface area contributed by atoms with Gasteiger partial charge in [-0.2, -0.15) is 0 Å². The van der Waals surface area contributed by atoms with Gasteiger partial charge in [0.05, 0.1) is 6.54 Å². The lowest BCUT2D eigenvalue weighted by Crippen LogP contribution is -2.29. The molecule has 0 saturated heterocycles. The molecule has 2 aromatic carbocycles. The van der Waals surface area contributed by atoms with E-state index in [0.717, 1.165) is 11.3 Å². The fourth-order valence-corrected chi connectivity index (χ4v) is 2.67. The standard InChI is InChI=1S/C20H26N2O/c1-14(2)18-10-6-8-16(4)20(18)22-13-19(23)21-12-17-9-5-7-15(3)11-17/h5-11,14,22H,12-13H2,1-4H3,(H,21,23). The third-order valence-corrected chi connectivity index (χ3v) is 3.92. The van der Waals surface area contributed by atoms with E-state index in [9.17, 15) is 4.79 Å². The van der Waals surface area contributed by atoms with E-state index in [4.69, 9.17) is 0 Å². The quantitative estimate of drug-likeness (QED) is 0.841. The molecule has 0 aromatic heterocycles. The molecule has 0 unspecified atom stereocenters. The Morgan fingerprint density at radius 1 is 1.09 bits per heavy atom. The Bertz CT molecular complexity index is 677. The summed E-state index contributed by atoms with van der Waals surface area (Å²) in [6.07, 6.45) is 0. The molecule has 2 aromatic rings. The highest BCUT2D eigenvalue weighted by Crippen LogP contribution is 2.27. The summed E-state index contributed by atoms with van der Waals surface area (Å²) in [7, 11) is 0. The van der Waals surface area contributed by atoms with Gasteiger partial charge in [-0.1, -0.05) is 61.9 Å². The maximum absolute atomic E-state index is 12.1. The van der Waals surface area contributed by atoms with E-state index >= 15 is 0 Å². The Kier molecular flexibility index (Phi) is 5.80. The second kappa shape index (κ2) is 7.82. The molecule has 0 saturated carbocycles. The molecule has 0 aliphatic heterocycles. The molecule has 0 fully saturated rings. The highest BCUT2D eigenvalue weighted by molar-refractivity contribution is 5.81. The number of anilines is 1. The largest absolute Gasteiger partial charge is 0.376 e. The number of para-hydroxylation sites is 1. The average Bonchev–Trinajstić information content (AvgIpc) is 2.51. The molecule has 0 spiro atoms. The summed E-state index contributed by atoms with van der Waals surface area (Å²) in [6, 6.07) is 14.4. The van der Waals surface area contributed by atoms with Gasteiger partial charge in [-0.05, 0) is 36.5 Å². The van der Waals surface area contributed by atoms with Crippen LogP contribution in [0.2, 0.25) is 0 Å². The van der Waals surface area contributed by atoms with Gasteiger partial charge in [-0.25, -0.2) is 0 Å². The molecule has 2 rings (SSSR count). The van der Waals surface area contributed by atoms with Crippen LogP contribution in [0.5, 0.6) is 0 Å². The van der Waals surface area contributed by atoms with Crippen LogP contribution in [0, 0.1) is 13.8 Å². The van der Waals surface area contributed by atoms with E-state index in [1.807, 2.05) is 12.1 Å². The van der Waals surface area contributed by atoms with Crippen LogP contribution in [0.1, 0.15) is 42.0 Å². The molecule has 0 atom stereocenters. The summed E-state index contributed by atoms with van der Waals surface area (Å²) in [4.78, 5) is 12.1. The fourth-order valence-electron chi connectivity index (χ4n) is 2.67. The van der Waals surface area contributed by atoms with Gasteiger partial charge in [0.15, 0.2) is 0 Å². The van der Waals surface area contributed by atoms with Crippen molar-refractivity contribution >= 4 is 11.6 Å². The van der Waals surface area contributed by atoms with E-state index < -0.39 is 0 Å². The molecular formula is C20H26N2O. The molecule has 3 heteroatoms. The van der Waals surface area contributed by atoms with Gasteiger partial charge < -0.3 is 10.6 Å². The number of carbonyl (C=O) groups excluding carboxylic acids is 1. The van der Waals surface area contributed by atoms with Crippen molar-refractivity contribution in [3.8, 4) is 0 Å². The number of hydrogen-bond donors (Lipinski definition) is 2. The van der Waals surface area contributed by atoms with Crippen molar-refractivity contribution in [1.29, 1.82) is 0 Å². The molecule has 0 heterocycles. The summed E-state index contributed by atoms with van der Waals surface area (Å²) < 4.78 is 0. The first-order chi connectivity index (χ1) is 11.0. The van der Waals surface area contributed by atoms with Crippen molar-refractivity contribution in [2.45, 2.75) is 40.2 Å². The Morgan fingerprint density at radius 2 is 1.83 bits per heavy atom. The first kappa shape index (κ1) is 17.1. The smallest absolute Gasteiger partial charge is 0.239 e. The van der Waals surface area contributed by atoms with Crippen molar-refractivity contribution in [2.24, 2.45) is 0 Å². The second-order valence-electron chi connectivity index (χ2n) is 6.31. The molecule has 2 N–H and O–H groups in total. The van der Waals surface area contributed by atoms with Gasteiger partial charge in [-0.3, -0.25) is 4.79 Å². The van der Waals surface area contributed by atoms with E-state index in [0.29, 0.717) is 12.5 Å². The second-order valence-corrected chi connectivity index (χ2v) is 6.31. The van der Waals surface area contributed by atoms with Crippen LogP contribution in [0.3, 0.4) is 0 Å². The molecule has 1 amide bonds. The molecule has 3 nitrogen and oxygen atoms in total. The zero-order valence-corrected chi connectivity index (χ0v) is 14.4. The minimum atomic E-state index is 0.00413. The predicted octanol–water partition coefficient (Wildman–Crippen LogP) is 4.16. The van der Waals surface area contributed by atoms with Crippen LogP contribution in [0.15, 0.2) is 42.5 Å². The highest BCUT2D eigenvalue weighted by Gasteiger charge is 2.10. The van der Waals surface area contributed by atoms with Crippen molar-refractivity contribution in [3.05, 3.63) is 64.7 Å². The Balaban J connectivity index is 1.92. The van der Waals surface area contributed by atoms with Crippen LogP contribution in [0.4, 0.5) is 5.69 Å². The first-order valence-corrected chi connectivity index (χ1v) is 8.13. The number of aryl methyl sites for hydroxylation is 2. The van der Waals surface area contributed by atoms with Gasteiger partial charge in [0.1, 0.15) is 0 Å². The molecule has 0 radical (unpaired) electrons. The highest BCUT2D eigenvalue weighted by atomic mass is 16.1. The number of rotatable bonds is 6. The van der Waals surface area contributed by atoms with Crippen molar-refractivity contribution < 1.29 is 4.79 Å². The van der Waals surface area contributed by atoms with E-state index in [1.54, 1.807) is 0 Å². The lowest BCUT2D eigenvalue weighted by molar-refractivity contribution is -0.119. The minimum absolute atomic E-state index is 0.00413. The lowest BCUT2D eigenvalue weighted by Gasteiger charge is -2.17. The topological polar surface area (TPSA) is 41.1 Å². The zero-order valence-electron chi connectivity index (χ0n) is 14.4. The Morgan fingerprint density at radius 3 is 2.52 bits per heavy atom. The first-order valence-electron chi connectivity index (χ1n) is 8.13. The maximum Gasteiger partial charge on any atom is 0.239 e. The number of carbonyl (C=O) groups is 1. The summed E-state index contributed by atoms with van der Waals surface area (Å²) in [6.45, 7) is 9.30. The predicted molar refractivity (Wildman–Crippen MR) is 96.8 cm³/mol. The Labute approximate surface area is 139 Å². The van der Waals surface area contributed by atoms with E-state index in [2.05, 4.69) is 68.7 Å². The number of nitrogens with one attached hydrogen (secondary N) is 2. The van der Waals surface area contributed by atoms with E-state index in [1.165, 1.54) is 16.7 Å². The molecule has 122 valence electrons. The SMILES string of the molecule is Cc1cccc(CNC(=O)CNc2c(C)cccc2C(C)C)c1. The van der Waals surface area contributed by atoms with Gasteiger partial charge in [0.2, 0.25) is 5.91 Å². The Hall–Kier alpha value is -2.29. The van der Waals surface area contributed by atoms with Gasteiger partial charge in [0, 0.05) is 12.2 Å².